The first kappa shape index (κ1) is 9.08. The van der Waals surface area contributed by atoms with Gasteiger partial charge in [0, 0.05) is 4.47 Å². The molecule has 0 aliphatic carbocycles. The number of hydrogen-bond donors (Lipinski definition) is 1. The van der Waals surface area contributed by atoms with Crippen LogP contribution in [0.2, 0.25) is 0 Å². The molecule has 0 radical (unpaired) electrons. The highest BCUT2D eigenvalue weighted by molar-refractivity contribution is 9.10. The van der Waals surface area contributed by atoms with Crippen molar-refractivity contribution in [1.29, 1.82) is 0 Å². The van der Waals surface area contributed by atoms with Crippen molar-refractivity contribution >= 4 is 27.4 Å². The van der Waals surface area contributed by atoms with Crippen LogP contribution in [0.5, 0.6) is 0 Å². The summed E-state index contributed by atoms with van der Waals surface area (Å²) in [5, 5.41) is 7.98. The second-order valence-electron chi connectivity index (χ2n) is 2.61. The van der Waals surface area contributed by atoms with Gasteiger partial charge < -0.3 is 4.98 Å². The smallest absolute Gasteiger partial charge is 0.172 e. The van der Waals surface area contributed by atoms with E-state index in [9.17, 15) is 0 Å². The Balaban J connectivity index is 2.15. The predicted molar refractivity (Wildman–Crippen MR) is 56.9 cm³/mol. The summed E-state index contributed by atoms with van der Waals surface area (Å²) in [5.41, 5.74) is 0.808. The van der Waals surface area contributed by atoms with E-state index in [0.717, 1.165) is 10.2 Å². The minimum Gasteiger partial charge on any atom is -0.328 e. The Hall–Kier alpha value is -1.49. The Labute approximate surface area is 89.2 Å². The van der Waals surface area contributed by atoms with Gasteiger partial charge in [-0.2, -0.15) is 0 Å². The minimum absolute atomic E-state index is 0.646. The first-order valence-corrected chi connectivity index (χ1v) is 4.79. The average molecular weight is 251 g/mol. The molecule has 0 saturated carbocycles. The molecule has 0 saturated heterocycles. The molecule has 0 aliphatic rings. The molecule has 1 aromatic heterocycles. The maximum absolute atomic E-state index is 4.02. The molecule has 2 aromatic rings. The van der Waals surface area contributed by atoms with E-state index in [1.54, 1.807) is 12.5 Å². The molecule has 0 aliphatic heterocycles. The number of benzene rings is 1. The Morgan fingerprint density at radius 3 is 2.57 bits per heavy atom. The molecule has 4 nitrogen and oxygen atoms in total. The quantitative estimate of drug-likeness (QED) is 0.814. The van der Waals surface area contributed by atoms with Gasteiger partial charge in [0.25, 0.3) is 0 Å². The van der Waals surface area contributed by atoms with Gasteiger partial charge in [-0.1, -0.05) is 15.9 Å². The van der Waals surface area contributed by atoms with Crippen molar-refractivity contribution in [3.8, 4) is 0 Å². The van der Waals surface area contributed by atoms with E-state index in [2.05, 4.69) is 36.1 Å². The highest BCUT2D eigenvalue weighted by Gasteiger charge is 1.90. The first-order valence-electron chi connectivity index (χ1n) is 4.00. The molecule has 0 fully saturated rings. The number of nitrogens with zero attached hydrogens (tertiary/aromatic N) is 3. The maximum atomic E-state index is 4.02. The molecule has 70 valence electrons. The fourth-order valence-corrected chi connectivity index (χ4v) is 1.19. The van der Waals surface area contributed by atoms with Gasteiger partial charge in [-0.3, -0.25) is 0 Å². The summed E-state index contributed by atoms with van der Waals surface area (Å²) < 4.78 is 1.03. The molecule has 14 heavy (non-hydrogen) atoms. The fraction of sp³-hybridized carbons (Fsp3) is 0. The van der Waals surface area contributed by atoms with Crippen LogP contribution in [0.25, 0.3) is 0 Å². The first-order chi connectivity index (χ1) is 6.84. The van der Waals surface area contributed by atoms with Crippen molar-refractivity contribution in [1.82, 2.24) is 9.97 Å². The van der Waals surface area contributed by atoms with Crippen molar-refractivity contribution in [2.45, 2.75) is 0 Å². The lowest BCUT2D eigenvalue weighted by molar-refractivity contribution is 1.18. The second kappa shape index (κ2) is 4.15. The molecular formula is C9H7BrN4. The zero-order valence-corrected chi connectivity index (χ0v) is 8.77. The third-order valence-electron chi connectivity index (χ3n) is 1.58. The van der Waals surface area contributed by atoms with E-state index in [1.165, 1.54) is 0 Å². The minimum atomic E-state index is 0.646. The topological polar surface area (TPSA) is 53.4 Å². The lowest BCUT2D eigenvalue weighted by atomic mass is 10.3. The van der Waals surface area contributed by atoms with Crippen LogP contribution in [0, 0.1) is 0 Å². The third-order valence-corrected chi connectivity index (χ3v) is 2.11. The molecule has 5 heteroatoms. The normalized spacial score (nSPS) is 10.9. The number of azo groups is 1. The Bertz CT molecular complexity index is 419. The van der Waals surface area contributed by atoms with E-state index >= 15 is 0 Å². The van der Waals surface area contributed by atoms with Gasteiger partial charge in [0.2, 0.25) is 0 Å². The monoisotopic (exact) mass is 250 g/mol. The van der Waals surface area contributed by atoms with Gasteiger partial charge in [-0.15, -0.1) is 10.2 Å². The lowest BCUT2D eigenvalue weighted by Gasteiger charge is -1.91. The molecule has 0 amide bonds. The van der Waals surface area contributed by atoms with Crippen molar-refractivity contribution in [3.63, 3.8) is 0 Å². The predicted octanol–water partition coefficient (Wildman–Crippen LogP) is 3.59. The Morgan fingerprint density at radius 2 is 1.93 bits per heavy atom. The van der Waals surface area contributed by atoms with Gasteiger partial charge in [0.1, 0.15) is 0 Å². The summed E-state index contributed by atoms with van der Waals surface area (Å²) in [5.74, 6) is 0.646. The molecule has 1 N–H and O–H groups in total. The van der Waals surface area contributed by atoms with Crippen LogP contribution >= 0.6 is 15.9 Å². The molecule has 0 atom stereocenters. The number of rotatable bonds is 2. The van der Waals surface area contributed by atoms with Gasteiger partial charge in [0.15, 0.2) is 5.82 Å². The van der Waals surface area contributed by atoms with Crippen molar-refractivity contribution in [2.75, 3.05) is 0 Å². The molecule has 2 rings (SSSR count). The second-order valence-corrected chi connectivity index (χ2v) is 3.53. The molecule has 0 bridgehead atoms. The summed E-state index contributed by atoms with van der Waals surface area (Å²) in [6, 6.07) is 7.59. The number of nitrogens with one attached hydrogen (secondary N) is 1. The number of halogens is 1. The zero-order chi connectivity index (χ0) is 9.80. The summed E-state index contributed by atoms with van der Waals surface area (Å²) in [7, 11) is 0. The van der Waals surface area contributed by atoms with E-state index in [-0.39, 0.29) is 0 Å². The molecule has 1 aromatic carbocycles. The van der Waals surface area contributed by atoms with Gasteiger partial charge in [-0.05, 0) is 24.3 Å². The molecular weight excluding hydrogens is 244 g/mol. The van der Waals surface area contributed by atoms with E-state index in [0.29, 0.717) is 5.82 Å². The van der Waals surface area contributed by atoms with Gasteiger partial charge in [-0.25, -0.2) is 4.98 Å². The SMILES string of the molecule is Brc1ccc(N=Nc2cnc[nH]2)cc1. The van der Waals surface area contributed by atoms with Crippen molar-refractivity contribution < 1.29 is 0 Å². The highest BCUT2D eigenvalue weighted by atomic mass is 79.9. The maximum Gasteiger partial charge on any atom is 0.172 e. The van der Waals surface area contributed by atoms with Crippen LogP contribution in [0.3, 0.4) is 0 Å². The fourth-order valence-electron chi connectivity index (χ4n) is 0.923. The van der Waals surface area contributed by atoms with Crippen LogP contribution in [-0.4, -0.2) is 9.97 Å². The Kier molecular flexibility index (Phi) is 2.69. The molecule has 0 spiro atoms. The largest absolute Gasteiger partial charge is 0.328 e. The number of aromatic amines is 1. The molecule has 0 unspecified atom stereocenters. The third kappa shape index (κ3) is 2.26. The van der Waals surface area contributed by atoms with Crippen LogP contribution < -0.4 is 0 Å². The van der Waals surface area contributed by atoms with Crippen LogP contribution in [-0.2, 0) is 0 Å². The van der Waals surface area contributed by atoms with Gasteiger partial charge in [0.05, 0.1) is 18.2 Å². The van der Waals surface area contributed by atoms with Gasteiger partial charge >= 0.3 is 0 Å². The molecule has 1 heterocycles. The summed E-state index contributed by atoms with van der Waals surface area (Å²) >= 11 is 3.35. The summed E-state index contributed by atoms with van der Waals surface area (Å²) in [4.78, 5) is 6.67. The van der Waals surface area contributed by atoms with E-state index < -0.39 is 0 Å². The van der Waals surface area contributed by atoms with Crippen molar-refractivity contribution in [3.05, 3.63) is 41.3 Å². The summed E-state index contributed by atoms with van der Waals surface area (Å²) in [6.07, 6.45) is 3.18. The van der Waals surface area contributed by atoms with Crippen LogP contribution in [0.1, 0.15) is 0 Å². The standard InChI is InChI=1S/C9H7BrN4/c10-7-1-3-8(4-2-7)13-14-9-5-11-6-12-9/h1-6H,(H,11,12). The number of imidazole rings is 1. The van der Waals surface area contributed by atoms with Crippen LogP contribution in [0.15, 0.2) is 51.5 Å². The number of hydrogen-bond acceptors (Lipinski definition) is 3. The van der Waals surface area contributed by atoms with E-state index in [1.807, 2.05) is 24.3 Å². The average Bonchev–Trinajstić information content (AvgIpc) is 2.70. The zero-order valence-electron chi connectivity index (χ0n) is 7.18. The number of H-pyrrole nitrogens is 1. The van der Waals surface area contributed by atoms with Crippen LogP contribution in [0.4, 0.5) is 11.5 Å². The van der Waals surface area contributed by atoms with E-state index in [4.69, 9.17) is 0 Å². The highest BCUT2D eigenvalue weighted by Crippen LogP contribution is 2.18. The Morgan fingerprint density at radius 1 is 1.14 bits per heavy atom. The number of aromatic nitrogens is 2. The lowest BCUT2D eigenvalue weighted by Crippen LogP contribution is -1.64. The van der Waals surface area contributed by atoms with Crippen molar-refractivity contribution in [2.24, 2.45) is 10.2 Å². The summed E-state index contributed by atoms with van der Waals surface area (Å²) in [6.45, 7) is 0.